The SMILES string of the molecule is C=C(/C=C/C=C(/CO)[C@H]1C[C@H]2CCC[C@@]3(O)CC/C(=C(/C)C=O)[C@@H](CCCO)[C@@]23[C@@H]1O)CCC=C(C)C. The Bertz CT molecular complexity index is 952. The lowest BCUT2D eigenvalue weighted by Gasteiger charge is -2.61. The van der Waals surface area contributed by atoms with Crippen LogP contribution >= 0.6 is 0 Å². The van der Waals surface area contributed by atoms with Crippen molar-refractivity contribution in [1.82, 2.24) is 0 Å². The molecule has 0 saturated heterocycles. The van der Waals surface area contributed by atoms with Gasteiger partial charge in [-0.05, 0) is 102 Å². The van der Waals surface area contributed by atoms with Gasteiger partial charge in [0.2, 0.25) is 0 Å². The number of aldehydes is 1. The highest BCUT2D eigenvalue weighted by Crippen LogP contribution is 2.69. The minimum absolute atomic E-state index is 0.0344. The molecule has 3 rings (SSSR count). The van der Waals surface area contributed by atoms with Gasteiger partial charge in [-0.3, -0.25) is 4.79 Å². The van der Waals surface area contributed by atoms with E-state index in [1.54, 1.807) is 0 Å². The maximum Gasteiger partial charge on any atom is 0.145 e. The highest BCUT2D eigenvalue weighted by molar-refractivity contribution is 5.74. The molecule has 1 spiro atoms. The smallest absolute Gasteiger partial charge is 0.145 e. The van der Waals surface area contributed by atoms with Crippen LogP contribution < -0.4 is 0 Å². The summed E-state index contributed by atoms with van der Waals surface area (Å²) in [5, 5.41) is 44.3. The van der Waals surface area contributed by atoms with Gasteiger partial charge in [-0.1, -0.05) is 54.0 Å². The zero-order valence-corrected chi connectivity index (χ0v) is 23.1. The summed E-state index contributed by atoms with van der Waals surface area (Å²) in [6.07, 6.45) is 15.4. The Labute approximate surface area is 223 Å². The number of carbonyl (C=O) groups is 1. The average molecular weight is 513 g/mol. The first-order valence-corrected chi connectivity index (χ1v) is 14.1. The van der Waals surface area contributed by atoms with Crippen molar-refractivity contribution < 1.29 is 25.2 Å². The lowest BCUT2D eigenvalue weighted by molar-refractivity contribution is -0.215. The zero-order valence-electron chi connectivity index (χ0n) is 23.1. The van der Waals surface area contributed by atoms with Crippen LogP contribution in [0.1, 0.15) is 85.0 Å². The molecule has 3 aliphatic rings. The maximum absolute atomic E-state index is 12.2. The third-order valence-electron chi connectivity index (χ3n) is 9.49. The van der Waals surface area contributed by atoms with E-state index in [1.165, 1.54) is 5.57 Å². The van der Waals surface area contributed by atoms with E-state index in [1.807, 2.05) is 25.2 Å². The number of carbonyl (C=O) groups excluding carboxylic acids is 1. The third-order valence-corrected chi connectivity index (χ3v) is 9.49. The molecule has 0 amide bonds. The third kappa shape index (κ3) is 5.80. The van der Waals surface area contributed by atoms with Gasteiger partial charge in [0.05, 0.1) is 18.3 Å². The molecule has 0 aliphatic heterocycles. The molecule has 6 atom stereocenters. The van der Waals surface area contributed by atoms with Crippen molar-refractivity contribution in [2.75, 3.05) is 13.2 Å². The molecule has 0 radical (unpaired) electrons. The van der Waals surface area contributed by atoms with Gasteiger partial charge >= 0.3 is 0 Å². The lowest BCUT2D eigenvalue weighted by atomic mass is 9.46. The van der Waals surface area contributed by atoms with Crippen molar-refractivity contribution in [3.05, 3.63) is 58.7 Å². The van der Waals surface area contributed by atoms with E-state index in [-0.39, 0.29) is 31.0 Å². The van der Waals surface area contributed by atoms with Crippen LogP contribution in [0.4, 0.5) is 0 Å². The van der Waals surface area contributed by atoms with E-state index in [0.29, 0.717) is 44.1 Å². The van der Waals surface area contributed by atoms with E-state index < -0.39 is 17.1 Å². The Morgan fingerprint density at radius 1 is 1.19 bits per heavy atom. The van der Waals surface area contributed by atoms with Gasteiger partial charge in [-0.25, -0.2) is 0 Å². The summed E-state index contributed by atoms with van der Waals surface area (Å²) in [5.41, 5.74) is 2.98. The normalized spacial score (nSPS) is 35.2. The van der Waals surface area contributed by atoms with Crippen LogP contribution in [0, 0.1) is 23.2 Å². The predicted molar refractivity (Wildman–Crippen MR) is 149 cm³/mol. The maximum atomic E-state index is 12.2. The molecule has 5 heteroatoms. The molecule has 0 heterocycles. The molecule has 4 N–H and O–H groups in total. The second-order valence-electron chi connectivity index (χ2n) is 11.8. The fraction of sp³-hybridized carbons (Fsp3) is 0.656. The fourth-order valence-corrected chi connectivity index (χ4v) is 7.88. The van der Waals surface area contributed by atoms with Crippen LogP contribution in [0.5, 0.6) is 0 Å². The van der Waals surface area contributed by atoms with Gasteiger partial charge < -0.3 is 20.4 Å². The Hall–Kier alpha value is -1.79. The largest absolute Gasteiger partial charge is 0.396 e. The molecule has 206 valence electrons. The predicted octanol–water partition coefficient (Wildman–Crippen LogP) is 5.36. The quantitative estimate of drug-likeness (QED) is 0.129. The molecular formula is C32H48O5. The number of hydrogen-bond donors (Lipinski definition) is 4. The highest BCUT2D eigenvalue weighted by atomic mass is 16.3. The molecule has 0 aromatic carbocycles. The van der Waals surface area contributed by atoms with Crippen LogP contribution in [0.2, 0.25) is 0 Å². The molecule has 0 bridgehead atoms. The van der Waals surface area contributed by atoms with Gasteiger partial charge in [0.25, 0.3) is 0 Å². The fourth-order valence-electron chi connectivity index (χ4n) is 7.88. The first-order chi connectivity index (χ1) is 17.7. The van der Waals surface area contributed by atoms with Crippen molar-refractivity contribution in [3.8, 4) is 0 Å². The minimum Gasteiger partial charge on any atom is -0.396 e. The number of aliphatic hydroxyl groups excluding tert-OH is 3. The second kappa shape index (κ2) is 12.8. The first-order valence-electron chi connectivity index (χ1n) is 14.1. The summed E-state index contributed by atoms with van der Waals surface area (Å²) >= 11 is 0. The Kier molecular flexibility index (Phi) is 10.3. The number of aliphatic hydroxyl groups is 4. The lowest BCUT2D eigenvalue weighted by Crippen LogP contribution is -2.65. The van der Waals surface area contributed by atoms with E-state index in [9.17, 15) is 25.2 Å². The van der Waals surface area contributed by atoms with Crippen LogP contribution in [0.3, 0.4) is 0 Å². The van der Waals surface area contributed by atoms with Gasteiger partial charge in [-0.15, -0.1) is 0 Å². The van der Waals surface area contributed by atoms with E-state index in [4.69, 9.17) is 0 Å². The van der Waals surface area contributed by atoms with Crippen molar-refractivity contribution in [2.45, 2.75) is 96.7 Å². The molecule has 3 saturated carbocycles. The van der Waals surface area contributed by atoms with Crippen LogP contribution in [0.15, 0.2) is 58.7 Å². The summed E-state index contributed by atoms with van der Waals surface area (Å²) in [5.74, 6) is -0.349. The number of rotatable bonds is 11. The topological polar surface area (TPSA) is 98.0 Å². The summed E-state index contributed by atoms with van der Waals surface area (Å²) < 4.78 is 0. The zero-order chi connectivity index (χ0) is 27.2. The Balaban J connectivity index is 1.97. The summed E-state index contributed by atoms with van der Waals surface area (Å²) in [7, 11) is 0. The average Bonchev–Trinajstić information content (AvgIpc) is 3.16. The second-order valence-corrected chi connectivity index (χ2v) is 11.8. The number of allylic oxidation sites excluding steroid dienone is 8. The van der Waals surface area contributed by atoms with Gasteiger partial charge in [0.15, 0.2) is 0 Å². The standard InChI is InChI=1S/C32H48O5/c1-22(2)9-5-10-23(3)11-6-12-25(21-35)28-19-26-13-7-16-31(37)17-15-27(24(4)20-34)29(14-8-18-33)32(26,31)30(28)36/h6,9,11-12,20,26,28-30,33,35-37H,3,5,7-8,10,13-19,21H2,1-2,4H3/b11-6+,25-12-,27-24+/t26-,28-,29-,30-,31-,32-/m1/s1. The highest BCUT2D eigenvalue weighted by Gasteiger charge is 2.70. The van der Waals surface area contributed by atoms with E-state index >= 15 is 0 Å². The van der Waals surface area contributed by atoms with Crippen molar-refractivity contribution >= 4 is 6.29 Å². The van der Waals surface area contributed by atoms with Crippen molar-refractivity contribution in [3.63, 3.8) is 0 Å². The molecule has 0 aromatic heterocycles. The van der Waals surface area contributed by atoms with Gasteiger partial charge in [0.1, 0.15) is 6.29 Å². The Morgan fingerprint density at radius 2 is 1.95 bits per heavy atom. The molecule has 5 nitrogen and oxygen atoms in total. The van der Waals surface area contributed by atoms with Gasteiger partial charge in [0, 0.05) is 17.9 Å². The van der Waals surface area contributed by atoms with Crippen molar-refractivity contribution in [1.29, 1.82) is 0 Å². The van der Waals surface area contributed by atoms with Gasteiger partial charge in [-0.2, -0.15) is 0 Å². The molecule has 0 unspecified atom stereocenters. The minimum atomic E-state index is -1.02. The van der Waals surface area contributed by atoms with Crippen LogP contribution in [-0.2, 0) is 4.79 Å². The summed E-state index contributed by atoms with van der Waals surface area (Å²) in [4.78, 5) is 11.8. The van der Waals surface area contributed by atoms with Crippen molar-refractivity contribution in [2.24, 2.45) is 23.2 Å². The van der Waals surface area contributed by atoms with Crippen LogP contribution in [0.25, 0.3) is 0 Å². The Morgan fingerprint density at radius 3 is 2.59 bits per heavy atom. The monoisotopic (exact) mass is 512 g/mol. The van der Waals surface area contributed by atoms with E-state index in [0.717, 1.165) is 48.7 Å². The first kappa shape index (κ1) is 29.8. The summed E-state index contributed by atoms with van der Waals surface area (Å²) in [6.45, 7) is 10.0. The van der Waals surface area contributed by atoms with Crippen LogP contribution in [-0.4, -0.2) is 51.6 Å². The molecule has 37 heavy (non-hydrogen) atoms. The van der Waals surface area contributed by atoms with E-state index in [2.05, 4.69) is 26.5 Å². The number of hydrogen-bond acceptors (Lipinski definition) is 5. The molecule has 3 aliphatic carbocycles. The molecular weight excluding hydrogens is 464 g/mol. The molecule has 3 fully saturated rings. The summed E-state index contributed by atoms with van der Waals surface area (Å²) in [6, 6.07) is 0. The molecule has 0 aromatic rings.